The second-order valence-electron chi connectivity index (χ2n) is 13.7. The van der Waals surface area contributed by atoms with Gasteiger partial charge in [0.05, 0.1) is 36.7 Å². The summed E-state index contributed by atoms with van der Waals surface area (Å²) in [5.74, 6) is -0.545. The number of anilines is 2. The maximum atomic E-state index is 15.3. The molecule has 0 unspecified atom stereocenters. The number of ether oxygens (including phenoxy) is 2. The molecule has 13 heteroatoms. The van der Waals surface area contributed by atoms with Crippen molar-refractivity contribution in [2.24, 2.45) is 5.92 Å². The summed E-state index contributed by atoms with van der Waals surface area (Å²) in [4.78, 5) is 34.4. The lowest BCUT2D eigenvalue weighted by Crippen LogP contribution is -2.42. The van der Waals surface area contributed by atoms with E-state index in [0.717, 1.165) is 23.2 Å². The van der Waals surface area contributed by atoms with Crippen LogP contribution in [0, 0.1) is 11.7 Å². The molecule has 260 valence electrons. The quantitative estimate of drug-likeness (QED) is 0.190. The molecule has 0 radical (unpaired) electrons. The lowest BCUT2D eigenvalue weighted by atomic mass is 9.95. The number of halogens is 2. The Bertz CT molecular complexity index is 1620. The Kier molecular flexibility index (Phi) is 12.2. The number of amides is 2. The van der Waals surface area contributed by atoms with E-state index < -0.39 is 26.3 Å². The van der Waals surface area contributed by atoms with Crippen LogP contribution in [0.5, 0.6) is 5.88 Å². The van der Waals surface area contributed by atoms with Crippen LogP contribution in [-0.2, 0) is 14.0 Å². The summed E-state index contributed by atoms with van der Waals surface area (Å²) >= 11 is 6.18. The summed E-state index contributed by atoms with van der Waals surface area (Å²) in [5.41, 5.74) is 3.49. The number of fused-ring (bicyclic) bond motifs is 4. The van der Waals surface area contributed by atoms with Gasteiger partial charge in [0, 0.05) is 35.5 Å². The number of aromatic nitrogens is 2. The van der Waals surface area contributed by atoms with E-state index in [1.54, 1.807) is 19.2 Å². The van der Waals surface area contributed by atoms with Gasteiger partial charge in [-0.25, -0.2) is 14.2 Å². The van der Waals surface area contributed by atoms with Crippen LogP contribution in [0.2, 0.25) is 23.2 Å². The van der Waals surface area contributed by atoms with Crippen LogP contribution in [0.15, 0.2) is 42.6 Å². The molecule has 4 rings (SSSR count). The Labute approximate surface area is 288 Å². The van der Waals surface area contributed by atoms with Crippen molar-refractivity contribution in [3.8, 4) is 17.0 Å². The third kappa shape index (κ3) is 9.10. The Hall–Kier alpha value is -3.58. The van der Waals surface area contributed by atoms with Crippen LogP contribution in [0.3, 0.4) is 0 Å². The molecule has 0 saturated carbocycles. The fourth-order valence-corrected chi connectivity index (χ4v) is 6.76. The van der Waals surface area contributed by atoms with Gasteiger partial charge in [-0.1, -0.05) is 51.8 Å². The molecule has 0 fully saturated rings. The first-order valence-corrected chi connectivity index (χ1v) is 19.5. The van der Waals surface area contributed by atoms with Gasteiger partial charge in [-0.2, -0.15) is 0 Å². The molecule has 0 aliphatic carbocycles. The molecule has 2 aromatic heterocycles. The SMILES string of the molecule is COC(=O)Nc1ccc2c(c1)NC(=O)[C@H](C)CCC[C@H](NCC[C@@H](O[Si](C)(C)C(C)(C)C)c1nccc(Cl)c1F)c1cc-2cc(OC)n1. The van der Waals surface area contributed by atoms with Gasteiger partial charge in [0.1, 0.15) is 5.69 Å². The molecule has 3 heterocycles. The van der Waals surface area contributed by atoms with Crippen LogP contribution in [0.1, 0.15) is 76.9 Å². The highest BCUT2D eigenvalue weighted by Crippen LogP contribution is 2.41. The standard InChI is InChI=1S/C35H47ClFN5O5Si/c1-21-10-9-11-26(38-17-15-29(47-48(7,8)35(2,3)4)32-31(37)25(36)14-16-39-32)28-18-22(19-30(41-28)45-5)24-13-12-23(40-34(44)46-6)20-27(24)42-33(21)43/h12-14,16,18-21,26,29,38H,9-11,15,17H2,1-8H3,(H,40,44)(H,42,43)/t21-,26+,29-/m1/s1. The van der Waals surface area contributed by atoms with Gasteiger partial charge in [-0.3, -0.25) is 15.1 Å². The van der Waals surface area contributed by atoms with Crippen molar-refractivity contribution in [1.29, 1.82) is 0 Å². The Morgan fingerprint density at radius 3 is 2.60 bits per heavy atom. The van der Waals surface area contributed by atoms with Gasteiger partial charge in [-0.05, 0) is 73.8 Å². The Balaban J connectivity index is 1.69. The number of nitrogens with one attached hydrogen (secondary N) is 3. The van der Waals surface area contributed by atoms with Gasteiger partial charge in [-0.15, -0.1) is 0 Å². The minimum atomic E-state index is -2.32. The van der Waals surface area contributed by atoms with Crippen LogP contribution < -0.4 is 20.7 Å². The molecule has 3 N–H and O–H groups in total. The second-order valence-corrected chi connectivity index (χ2v) is 18.8. The molecule has 2 bridgehead atoms. The van der Waals surface area contributed by atoms with E-state index in [1.165, 1.54) is 19.4 Å². The third-order valence-electron chi connectivity index (χ3n) is 9.20. The normalized spacial score (nSPS) is 17.7. The van der Waals surface area contributed by atoms with E-state index in [4.69, 9.17) is 30.5 Å². The van der Waals surface area contributed by atoms with Crippen molar-refractivity contribution >= 4 is 43.3 Å². The van der Waals surface area contributed by atoms with Crippen LogP contribution in [-0.4, -0.2) is 51.1 Å². The van der Waals surface area contributed by atoms with Gasteiger partial charge in [0.15, 0.2) is 14.1 Å². The Morgan fingerprint density at radius 2 is 1.92 bits per heavy atom. The highest BCUT2D eigenvalue weighted by atomic mass is 35.5. The molecule has 1 aromatic carbocycles. The van der Waals surface area contributed by atoms with Crippen LogP contribution in [0.4, 0.5) is 20.6 Å². The third-order valence-corrected chi connectivity index (χ3v) is 14.0. The largest absolute Gasteiger partial charge is 0.481 e. The van der Waals surface area contributed by atoms with E-state index in [2.05, 4.69) is 54.8 Å². The zero-order valence-corrected chi connectivity index (χ0v) is 30.8. The lowest BCUT2D eigenvalue weighted by molar-refractivity contribution is -0.119. The molecule has 2 amide bonds. The summed E-state index contributed by atoms with van der Waals surface area (Å²) < 4.78 is 32.4. The number of hydrogen-bond acceptors (Lipinski definition) is 8. The van der Waals surface area contributed by atoms with Crippen LogP contribution >= 0.6 is 11.6 Å². The molecule has 10 nitrogen and oxygen atoms in total. The zero-order chi connectivity index (χ0) is 35.2. The van der Waals surface area contributed by atoms with Crippen molar-refractivity contribution in [2.45, 2.75) is 83.7 Å². The average Bonchev–Trinajstić information content (AvgIpc) is 3.03. The maximum absolute atomic E-state index is 15.3. The summed E-state index contributed by atoms with van der Waals surface area (Å²) in [6.45, 7) is 13.1. The highest BCUT2D eigenvalue weighted by Gasteiger charge is 2.40. The molecule has 3 atom stereocenters. The summed E-state index contributed by atoms with van der Waals surface area (Å²) in [6.07, 6.45) is 2.81. The number of benzene rings is 1. The summed E-state index contributed by atoms with van der Waals surface area (Å²) in [6, 6.07) is 10.3. The smallest absolute Gasteiger partial charge is 0.411 e. The van der Waals surface area contributed by atoms with E-state index in [9.17, 15) is 9.59 Å². The van der Waals surface area contributed by atoms with E-state index in [1.807, 2.05) is 25.1 Å². The predicted octanol–water partition coefficient (Wildman–Crippen LogP) is 8.67. The number of nitrogens with zero attached hydrogens (tertiary/aromatic N) is 2. The highest BCUT2D eigenvalue weighted by molar-refractivity contribution is 6.74. The number of methoxy groups -OCH3 is 2. The average molecular weight is 700 g/mol. The monoisotopic (exact) mass is 699 g/mol. The van der Waals surface area contributed by atoms with Gasteiger partial charge < -0.3 is 24.5 Å². The van der Waals surface area contributed by atoms with Gasteiger partial charge in [0.2, 0.25) is 11.8 Å². The summed E-state index contributed by atoms with van der Waals surface area (Å²) in [7, 11) is 0.529. The van der Waals surface area contributed by atoms with Gasteiger partial charge >= 0.3 is 6.09 Å². The molecular formula is C35H47ClFN5O5Si. The molecular weight excluding hydrogens is 653 g/mol. The van der Waals surface area contributed by atoms with Crippen molar-refractivity contribution in [3.05, 3.63) is 64.8 Å². The number of hydrogen-bond donors (Lipinski definition) is 3. The Morgan fingerprint density at radius 1 is 1.17 bits per heavy atom. The number of pyridine rings is 2. The molecule has 48 heavy (non-hydrogen) atoms. The fourth-order valence-electron chi connectivity index (χ4n) is 5.31. The minimum absolute atomic E-state index is 0.0100. The zero-order valence-electron chi connectivity index (χ0n) is 29.0. The van der Waals surface area contributed by atoms with E-state index in [0.29, 0.717) is 43.1 Å². The van der Waals surface area contributed by atoms with Crippen molar-refractivity contribution < 1.29 is 27.9 Å². The fraction of sp³-hybridized carbons (Fsp3) is 0.486. The second kappa shape index (κ2) is 15.8. The van der Waals surface area contributed by atoms with Crippen molar-refractivity contribution in [1.82, 2.24) is 15.3 Å². The van der Waals surface area contributed by atoms with E-state index >= 15 is 4.39 Å². The predicted molar refractivity (Wildman–Crippen MR) is 189 cm³/mol. The first-order valence-electron chi connectivity index (χ1n) is 16.2. The topological polar surface area (TPSA) is 124 Å². The first kappa shape index (κ1) is 37.2. The van der Waals surface area contributed by atoms with Gasteiger partial charge in [0.25, 0.3) is 0 Å². The first-order chi connectivity index (χ1) is 22.6. The molecule has 0 spiro atoms. The molecule has 1 aliphatic rings. The number of carbonyl (C=O) groups is 2. The maximum Gasteiger partial charge on any atom is 0.411 e. The van der Waals surface area contributed by atoms with E-state index in [-0.39, 0.29) is 33.6 Å². The molecule has 0 saturated heterocycles. The molecule has 1 aliphatic heterocycles. The van der Waals surface area contributed by atoms with Crippen molar-refractivity contribution in [3.63, 3.8) is 0 Å². The lowest BCUT2D eigenvalue weighted by Gasteiger charge is -2.39. The molecule has 3 aromatic rings. The number of rotatable bonds is 9. The minimum Gasteiger partial charge on any atom is -0.481 e. The summed E-state index contributed by atoms with van der Waals surface area (Å²) in [5, 5.41) is 9.28. The van der Waals surface area contributed by atoms with Crippen molar-refractivity contribution in [2.75, 3.05) is 31.4 Å². The van der Waals surface area contributed by atoms with Crippen LogP contribution in [0.25, 0.3) is 11.1 Å². The number of carbonyl (C=O) groups excluding carboxylic acids is 2.